The number of hydrogen-bond donors (Lipinski definition) is 0. The van der Waals surface area contributed by atoms with Crippen LogP contribution in [0.4, 0.5) is 4.39 Å². The molecular weight excluding hydrogens is 299 g/mol. The molecule has 0 nitrogen and oxygen atoms in total. The second-order valence-electron chi connectivity index (χ2n) is 3.54. The van der Waals surface area contributed by atoms with Gasteiger partial charge in [0.15, 0.2) is 0 Å². The van der Waals surface area contributed by atoms with Gasteiger partial charge < -0.3 is 0 Å². The zero-order valence-electron chi connectivity index (χ0n) is 9.41. The molecule has 0 bridgehead atoms. The number of thioether (sulfide) groups is 1. The summed E-state index contributed by atoms with van der Waals surface area (Å²) in [6, 6.07) is 13.3. The van der Waals surface area contributed by atoms with E-state index in [1.54, 1.807) is 0 Å². The van der Waals surface area contributed by atoms with Crippen LogP contribution < -0.4 is 0 Å². The van der Waals surface area contributed by atoms with E-state index in [2.05, 4.69) is 15.9 Å². The number of hydrogen-bond acceptors (Lipinski definition) is 1. The van der Waals surface area contributed by atoms with Gasteiger partial charge >= 0.3 is 0 Å². The fraction of sp³-hybridized carbons (Fsp3) is 0.143. The minimum Gasteiger partial charge on any atom is -0.205 e. The van der Waals surface area contributed by atoms with E-state index >= 15 is 0 Å². The predicted octanol–water partition coefficient (Wildman–Crippen LogP) is 5.37. The summed E-state index contributed by atoms with van der Waals surface area (Å²) in [4.78, 5) is 0.689. The summed E-state index contributed by atoms with van der Waals surface area (Å²) >= 11 is 4.91. The molecule has 2 aromatic carbocycles. The van der Waals surface area contributed by atoms with Gasteiger partial charge in [-0.1, -0.05) is 43.3 Å². The maximum atomic E-state index is 14.4. The van der Waals surface area contributed by atoms with E-state index in [9.17, 15) is 4.39 Å². The fourth-order valence-electron chi connectivity index (χ4n) is 1.65. The first-order valence-electron chi connectivity index (χ1n) is 5.40. The van der Waals surface area contributed by atoms with Crippen molar-refractivity contribution in [1.82, 2.24) is 0 Å². The van der Waals surface area contributed by atoms with Crippen LogP contribution >= 0.6 is 27.7 Å². The Morgan fingerprint density at radius 1 is 1.12 bits per heavy atom. The highest BCUT2D eigenvalue weighted by atomic mass is 79.9. The topological polar surface area (TPSA) is 0 Å². The minimum absolute atomic E-state index is 0.141. The van der Waals surface area contributed by atoms with Gasteiger partial charge in [-0.25, -0.2) is 4.39 Å². The van der Waals surface area contributed by atoms with Crippen molar-refractivity contribution >= 4 is 27.7 Å². The van der Waals surface area contributed by atoms with Crippen molar-refractivity contribution in [2.75, 3.05) is 5.75 Å². The molecule has 0 aromatic heterocycles. The second kappa shape index (κ2) is 5.69. The van der Waals surface area contributed by atoms with Crippen LogP contribution in [0.1, 0.15) is 6.92 Å². The lowest BCUT2D eigenvalue weighted by Crippen LogP contribution is -1.89. The van der Waals surface area contributed by atoms with Crippen LogP contribution in [-0.4, -0.2) is 5.75 Å². The minimum atomic E-state index is -0.141. The van der Waals surface area contributed by atoms with E-state index in [1.165, 1.54) is 11.8 Å². The Bertz CT molecular complexity index is 511. The zero-order valence-corrected chi connectivity index (χ0v) is 11.8. The van der Waals surface area contributed by atoms with Crippen LogP contribution in [0.15, 0.2) is 51.8 Å². The van der Waals surface area contributed by atoms with Crippen molar-refractivity contribution in [3.63, 3.8) is 0 Å². The van der Waals surface area contributed by atoms with Gasteiger partial charge in [-0.3, -0.25) is 0 Å². The third kappa shape index (κ3) is 2.72. The van der Waals surface area contributed by atoms with Gasteiger partial charge in [-0.2, -0.15) is 0 Å². The number of halogens is 2. The van der Waals surface area contributed by atoms with Crippen LogP contribution in [0.3, 0.4) is 0 Å². The Balaban J connectivity index is 2.53. The van der Waals surface area contributed by atoms with Crippen molar-refractivity contribution < 1.29 is 4.39 Å². The Hall–Kier alpha value is -0.800. The molecule has 88 valence electrons. The average molecular weight is 311 g/mol. The summed E-state index contributed by atoms with van der Waals surface area (Å²) < 4.78 is 15.2. The molecule has 0 spiro atoms. The molecule has 17 heavy (non-hydrogen) atoms. The summed E-state index contributed by atoms with van der Waals surface area (Å²) in [7, 11) is 0. The summed E-state index contributed by atoms with van der Waals surface area (Å²) in [5.41, 5.74) is 1.57. The van der Waals surface area contributed by atoms with E-state index in [-0.39, 0.29) is 5.82 Å². The smallest absolute Gasteiger partial charge is 0.145 e. The van der Waals surface area contributed by atoms with Gasteiger partial charge in [0.25, 0.3) is 0 Å². The van der Waals surface area contributed by atoms with Gasteiger partial charge in [0.05, 0.1) is 4.90 Å². The molecule has 3 heteroatoms. The van der Waals surface area contributed by atoms with Crippen molar-refractivity contribution in [1.29, 1.82) is 0 Å². The summed E-state index contributed by atoms with van der Waals surface area (Å²) in [6.07, 6.45) is 0. The molecule has 0 saturated carbocycles. The van der Waals surface area contributed by atoms with Gasteiger partial charge in [0, 0.05) is 10.0 Å². The lowest BCUT2D eigenvalue weighted by atomic mass is 10.1. The molecule has 0 heterocycles. The van der Waals surface area contributed by atoms with E-state index in [1.807, 2.05) is 49.4 Å². The van der Waals surface area contributed by atoms with Crippen LogP contribution in [0.2, 0.25) is 0 Å². The van der Waals surface area contributed by atoms with Crippen molar-refractivity contribution in [2.45, 2.75) is 11.8 Å². The van der Waals surface area contributed by atoms with E-state index in [0.29, 0.717) is 10.5 Å². The molecule has 2 rings (SSSR count). The van der Waals surface area contributed by atoms with E-state index < -0.39 is 0 Å². The first-order valence-corrected chi connectivity index (χ1v) is 7.18. The maximum Gasteiger partial charge on any atom is 0.145 e. The third-order valence-corrected chi connectivity index (χ3v) is 4.32. The standard InChI is InChI=1S/C14H12BrFS/c1-2-17-14-12(15)9-8-11(13(14)16)10-6-4-3-5-7-10/h3-9H,2H2,1H3. The molecular formula is C14H12BrFS. The average Bonchev–Trinajstić information content (AvgIpc) is 2.36. The Morgan fingerprint density at radius 2 is 1.82 bits per heavy atom. The van der Waals surface area contributed by atoms with Crippen LogP contribution in [0, 0.1) is 5.82 Å². The molecule has 0 fully saturated rings. The maximum absolute atomic E-state index is 14.4. The Morgan fingerprint density at radius 3 is 2.47 bits per heavy atom. The molecule has 0 aliphatic carbocycles. The third-order valence-electron chi connectivity index (χ3n) is 2.42. The summed E-state index contributed by atoms with van der Waals surface area (Å²) in [6.45, 7) is 2.02. The van der Waals surface area contributed by atoms with Crippen LogP contribution in [0.25, 0.3) is 11.1 Å². The zero-order chi connectivity index (χ0) is 12.3. The second-order valence-corrected chi connectivity index (χ2v) is 5.67. The lowest BCUT2D eigenvalue weighted by Gasteiger charge is -2.09. The summed E-state index contributed by atoms with van der Waals surface area (Å²) in [5, 5.41) is 0. The first kappa shape index (κ1) is 12.7. The first-order chi connectivity index (χ1) is 8.24. The molecule has 0 aliphatic heterocycles. The largest absolute Gasteiger partial charge is 0.205 e. The predicted molar refractivity (Wildman–Crippen MR) is 75.9 cm³/mol. The van der Waals surface area contributed by atoms with Gasteiger partial charge in [0.2, 0.25) is 0 Å². The molecule has 0 unspecified atom stereocenters. The summed E-state index contributed by atoms with van der Waals surface area (Å²) in [5.74, 6) is 0.714. The molecule has 0 saturated heterocycles. The fourth-order valence-corrected chi connectivity index (χ4v) is 3.03. The van der Waals surface area contributed by atoms with Gasteiger partial charge in [-0.05, 0) is 33.3 Å². The number of rotatable bonds is 3. The van der Waals surface area contributed by atoms with Crippen molar-refractivity contribution in [3.8, 4) is 11.1 Å². The SMILES string of the molecule is CCSc1c(Br)ccc(-c2ccccc2)c1F. The Kier molecular flexibility index (Phi) is 4.24. The molecule has 2 aromatic rings. The number of benzene rings is 2. The van der Waals surface area contributed by atoms with Crippen LogP contribution in [-0.2, 0) is 0 Å². The normalized spacial score (nSPS) is 10.5. The molecule has 0 amide bonds. The molecule has 0 atom stereocenters. The van der Waals surface area contributed by atoms with Gasteiger partial charge in [-0.15, -0.1) is 11.8 Å². The monoisotopic (exact) mass is 310 g/mol. The van der Waals surface area contributed by atoms with Crippen molar-refractivity contribution in [2.24, 2.45) is 0 Å². The molecule has 0 aliphatic rings. The quantitative estimate of drug-likeness (QED) is 0.687. The molecule has 0 N–H and O–H groups in total. The molecule has 0 radical (unpaired) electrons. The van der Waals surface area contributed by atoms with Gasteiger partial charge in [0.1, 0.15) is 5.82 Å². The Labute approximate surface area is 113 Å². The lowest BCUT2D eigenvalue weighted by molar-refractivity contribution is 0.604. The highest BCUT2D eigenvalue weighted by Gasteiger charge is 2.13. The highest BCUT2D eigenvalue weighted by Crippen LogP contribution is 2.35. The van der Waals surface area contributed by atoms with E-state index in [4.69, 9.17) is 0 Å². The van der Waals surface area contributed by atoms with Crippen molar-refractivity contribution in [3.05, 3.63) is 52.8 Å². The van der Waals surface area contributed by atoms with E-state index in [0.717, 1.165) is 15.8 Å². The highest BCUT2D eigenvalue weighted by molar-refractivity contribution is 9.10. The van der Waals surface area contributed by atoms with Crippen LogP contribution in [0.5, 0.6) is 0 Å².